The normalized spacial score (nSPS) is 20.1. The standard InChI is InChI=1S/C14H17ClN2O3/c15-10-7-12(17(8-10)11-1-2-11)13(18)16-5-3-9(4-6-16)14(19)20/h7-9,11H,1-6H2,(H,19,20). The fourth-order valence-electron chi connectivity index (χ4n) is 2.76. The molecule has 1 aliphatic carbocycles. The number of amides is 1. The number of carbonyl (C=O) groups excluding carboxylic acids is 1. The van der Waals surface area contributed by atoms with E-state index < -0.39 is 5.97 Å². The van der Waals surface area contributed by atoms with Crippen LogP contribution in [0.5, 0.6) is 0 Å². The molecule has 5 nitrogen and oxygen atoms in total. The zero-order valence-corrected chi connectivity index (χ0v) is 11.8. The van der Waals surface area contributed by atoms with E-state index in [0.717, 1.165) is 12.8 Å². The van der Waals surface area contributed by atoms with Gasteiger partial charge in [-0.3, -0.25) is 9.59 Å². The van der Waals surface area contributed by atoms with E-state index in [1.54, 1.807) is 11.0 Å². The summed E-state index contributed by atoms with van der Waals surface area (Å²) in [6, 6.07) is 2.11. The Balaban J connectivity index is 1.72. The number of aliphatic carboxylic acids is 1. The molecule has 1 aliphatic heterocycles. The summed E-state index contributed by atoms with van der Waals surface area (Å²) < 4.78 is 1.97. The highest BCUT2D eigenvalue weighted by Gasteiger charge is 2.32. The summed E-state index contributed by atoms with van der Waals surface area (Å²) in [5.41, 5.74) is 0.631. The molecule has 1 amide bonds. The SMILES string of the molecule is O=C(O)C1CCN(C(=O)c2cc(Cl)cn2C2CC2)CC1. The molecule has 1 aromatic rings. The minimum Gasteiger partial charge on any atom is -0.481 e. The maximum atomic E-state index is 12.5. The van der Waals surface area contributed by atoms with E-state index in [4.69, 9.17) is 16.7 Å². The number of aromatic nitrogens is 1. The Kier molecular flexibility index (Phi) is 3.46. The van der Waals surface area contributed by atoms with Gasteiger partial charge in [0, 0.05) is 25.3 Å². The van der Waals surface area contributed by atoms with Crippen molar-refractivity contribution in [3.63, 3.8) is 0 Å². The van der Waals surface area contributed by atoms with E-state index in [9.17, 15) is 9.59 Å². The lowest BCUT2D eigenvalue weighted by Gasteiger charge is -2.30. The molecule has 108 valence electrons. The van der Waals surface area contributed by atoms with Crippen molar-refractivity contribution >= 4 is 23.5 Å². The van der Waals surface area contributed by atoms with Crippen molar-refractivity contribution in [1.29, 1.82) is 0 Å². The summed E-state index contributed by atoms with van der Waals surface area (Å²) in [4.78, 5) is 25.2. The van der Waals surface area contributed by atoms with Crippen molar-refractivity contribution in [2.45, 2.75) is 31.7 Å². The van der Waals surface area contributed by atoms with Gasteiger partial charge in [0.05, 0.1) is 10.9 Å². The minimum absolute atomic E-state index is 0.0346. The van der Waals surface area contributed by atoms with Gasteiger partial charge in [0.25, 0.3) is 5.91 Å². The molecule has 20 heavy (non-hydrogen) atoms. The van der Waals surface area contributed by atoms with Gasteiger partial charge in [0.1, 0.15) is 5.69 Å². The molecule has 6 heteroatoms. The van der Waals surface area contributed by atoms with Crippen LogP contribution >= 0.6 is 11.6 Å². The molecule has 1 saturated heterocycles. The van der Waals surface area contributed by atoms with Crippen LogP contribution in [0.2, 0.25) is 5.02 Å². The highest BCUT2D eigenvalue weighted by molar-refractivity contribution is 6.31. The van der Waals surface area contributed by atoms with Gasteiger partial charge >= 0.3 is 5.97 Å². The summed E-state index contributed by atoms with van der Waals surface area (Å²) in [5.74, 6) is -1.12. The molecule has 3 rings (SSSR count). The van der Waals surface area contributed by atoms with Crippen LogP contribution in [0.1, 0.15) is 42.2 Å². The maximum absolute atomic E-state index is 12.5. The Labute approximate surface area is 122 Å². The zero-order chi connectivity index (χ0) is 14.3. The van der Waals surface area contributed by atoms with E-state index in [1.807, 2.05) is 10.8 Å². The van der Waals surface area contributed by atoms with Gasteiger partial charge in [0.15, 0.2) is 0 Å². The van der Waals surface area contributed by atoms with Crippen molar-refractivity contribution in [2.75, 3.05) is 13.1 Å². The maximum Gasteiger partial charge on any atom is 0.306 e. The largest absolute Gasteiger partial charge is 0.481 e. The van der Waals surface area contributed by atoms with Crippen LogP contribution in [-0.4, -0.2) is 39.5 Å². The minimum atomic E-state index is -0.763. The molecule has 0 bridgehead atoms. The number of hydrogen-bond donors (Lipinski definition) is 1. The van der Waals surface area contributed by atoms with Crippen LogP contribution in [0.4, 0.5) is 0 Å². The molecule has 2 fully saturated rings. The van der Waals surface area contributed by atoms with Gasteiger partial charge in [-0.1, -0.05) is 11.6 Å². The van der Waals surface area contributed by atoms with Crippen LogP contribution in [0.3, 0.4) is 0 Å². The van der Waals surface area contributed by atoms with Gasteiger partial charge in [-0.25, -0.2) is 0 Å². The molecule has 0 unspecified atom stereocenters. The molecular weight excluding hydrogens is 280 g/mol. The first-order chi connectivity index (χ1) is 9.56. The number of piperidine rings is 1. The highest BCUT2D eigenvalue weighted by Crippen LogP contribution is 2.37. The van der Waals surface area contributed by atoms with E-state index in [-0.39, 0.29) is 11.8 Å². The summed E-state index contributed by atoms with van der Waals surface area (Å²) in [5, 5.41) is 9.57. The predicted octanol–water partition coefficient (Wildman–Crippen LogP) is 2.41. The fraction of sp³-hybridized carbons (Fsp3) is 0.571. The van der Waals surface area contributed by atoms with Gasteiger partial charge in [0.2, 0.25) is 0 Å². The van der Waals surface area contributed by atoms with Crippen LogP contribution in [0, 0.1) is 5.92 Å². The Morgan fingerprint density at radius 2 is 1.85 bits per heavy atom. The lowest BCUT2D eigenvalue weighted by atomic mass is 9.97. The number of carboxylic acids is 1. The third-order valence-electron chi connectivity index (χ3n) is 4.11. The second-order valence-corrected chi connectivity index (χ2v) is 6.02. The van der Waals surface area contributed by atoms with E-state index in [0.29, 0.717) is 42.7 Å². The number of halogens is 1. The third kappa shape index (κ3) is 2.54. The quantitative estimate of drug-likeness (QED) is 0.931. The number of carboxylic acid groups (broad SMARTS) is 1. The number of nitrogens with zero attached hydrogens (tertiary/aromatic N) is 2. The highest BCUT2D eigenvalue weighted by atomic mass is 35.5. The predicted molar refractivity (Wildman–Crippen MR) is 74.0 cm³/mol. The Bertz CT molecular complexity index is 543. The van der Waals surface area contributed by atoms with Crippen molar-refractivity contribution in [2.24, 2.45) is 5.92 Å². The second-order valence-electron chi connectivity index (χ2n) is 5.59. The molecule has 0 atom stereocenters. The van der Waals surface area contributed by atoms with Gasteiger partial charge < -0.3 is 14.6 Å². The summed E-state index contributed by atoms with van der Waals surface area (Å²) in [6.07, 6.45) is 5.05. The fourth-order valence-corrected chi connectivity index (χ4v) is 2.97. The average molecular weight is 297 g/mol. The molecule has 2 heterocycles. The Morgan fingerprint density at radius 1 is 1.20 bits per heavy atom. The Morgan fingerprint density at radius 3 is 2.40 bits per heavy atom. The van der Waals surface area contributed by atoms with Crippen molar-refractivity contribution < 1.29 is 14.7 Å². The lowest BCUT2D eigenvalue weighted by molar-refractivity contribution is -0.143. The molecule has 1 saturated carbocycles. The number of hydrogen-bond acceptors (Lipinski definition) is 2. The summed E-state index contributed by atoms with van der Waals surface area (Å²) in [6.45, 7) is 1.01. The van der Waals surface area contributed by atoms with E-state index >= 15 is 0 Å². The first-order valence-electron chi connectivity index (χ1n) is 6.95. The molecule has 1 N–H and O–H groups in total. The van der Waals surface area contributed by atoms with Crippen LogP contribution in [0.25, 0.3) is 0 Å². The third-order valence-corrected chi connectivity index (χ3v) is 4.31. The second kappa shape index (κ2) is 5.13. The summed E-state index contributed by atoms with van der Waals surface area (Å²) in [7, 11) is 0. The van der Waals surface area contributed by atoms with Crippen molar-refractivity contribution in [3.8, 4) is 0 Å². The first kappa shape index (κ1) is 13.5. The van der Waals surface area contributed by atoms with Crippen LogP contribution in [0.15, 0.2) is 12.3 Å². The van der Waals surface area contributed by atoms with Crippen molar-refractivity contribution in [3.05, 3.63) is 23.0 Å². The molecule has 1 aromatic heterocycles. The lowest BCUT2D eigenvalue weighted by Crippen LogP contribution is -2.40. The number of likely N-dealkylation sites (tertiary alicyclic amines) is 1. The molecule has 0 spiro atoms. The van der Waals surface area contributed by atoms with Crippen LogP contribution in [-0.2, 0) is 4.79 Å². The average Bonchev–Trinajstić information content (AvgIpc) is 3.21. The Hall–Kier alpha value is -1.49. The number of carbonyl (C=O) groups is 2. The smallest absolute Gasteiger partial charge is 0.306 e. The molecule has 2 aliphatic rings. The van der Waals surface area contributed by atoms with E-state index in [1.165, 1.54) is 0 Å². The molecule has 0 aromatic carbocycles. The first-order valence-corrected chi connectivity index (χ1v) is 7.33. The van der Waals surface area contributed by atoms with Gasteiger partial charge in [-0.2, -0.15) is 0 Å². The van der Waals surface area contributed by atoms with E-state index in [2.05, 4.69) is 0 Å². The zero-order valence-electron chi connectivity index (χ0n) is 11.1. The topological polar surface area (TPSA) is 62.5 Å². The molecular formula is C14H17ClN2O3. The number of rotatable bonds is 3. The van der Waals surface area contributed by atoms with Crippen LogP contribution < -0.4 is 0 Å². The monoisotopic (exact) mass is 296 g/mol. The van der Waals surface area contributed by atoms with Crippen molar-refractivity contribution in [1.82, 2.24) is 9.47 Å². The molecule has 0 radical (unpaired) electrons. The van der Waals surface area contributed by atoms with Gasteiger partial charge in [-0.05, 0) is 31.7 Å². The van der Waals surface area contributed by atoms with Gasteiger partial charge in [-0.15, -0.1) is 0 Å². The summed E-state index contributed by atoms with van der Waals surface area (Å²) >= 11 is 6.02.